The molecule has 0 saturated carbocycles. The number of halogens is 4. The van der Waals surface area contributed by atoms with Crippen molar-refractivity contribution in [1.82, 2.24) is 9.97 Å². The normalized spacial score (nSPS) is 10.3. The lowest BCUT2D eigenvalue weighted by Gasteiger charge is -2.10. The van der Waals surface area contributed by atoms with Gasteiger partial charge in [-0.2, -0.15) is 22.5 Å². The average Bonchev–Trinajstić information content (AvgIpc) is 2.42. The van der Waals surface area contributed by atoms with Crippen LogP contribution in [-0.4, -0.2) is 9.97 Å². The van der Waals surface area contributed by atoms with Crippen molar-refractivity contribution >= 4 is 5.76 Å². The number of ether oxygens (including phenoxy) is 1. The molecular formula is C12H6F4N2O. The van der Waals surface area contributed by atoms with Gasteiger partial charge in [0.05, 0.1) is 0 Å². The Labute approximate surface area is 105 Å². The van der Waals surface area contributed by atoms with E-state index in [0.717, 1.165) is 0 Å². The number of hydrogen-bond acceptors (Lipinski definition) is 3. The molecule has 19 heavy (non-hydrogen) atoms. The summed E-state index contributed by atoms with van der Waals surface area (Å²) in [4.78, 5) is 6.15. The molecule has 0 saturated heterocycles. The van der Waals surface area contributed by atoms with Gasteiger partial charge in [-0.15, -0.1) is 0 Å². The second-order valence-electron chi connectivity index (χ2n) is 3.42. The third-order valence-corrected chi connectivity index (χ3v) is 2.17. The van der Waals surface area contributed by atoms with Gasteiger partial charge in [0.2, 0.25) is 17.4 Å². The molecule has 2 aromatic heterocycles. The van der Waals surface area contributed by atoms with Crippen LogP contribution in [0.15, 0.2) is 31.1 Å². The Bertz CT molecular complexity index is 605. The van der Waals surface area contributed by atoms with Crippen molar-refractivity contribution in [2.75, 3.05) is 0 Å². The molecule has 2 heterocycles. The molecule has 0 aliphatic heterocycles. The molecular weight excluding hydrogens is 264 g/mol. The van der Waals surface area contributed by atoms with Crippen molar-refractivity contribution in [1.29, 1.82) is 0 Å². The third kappa shape index (κ3) is 2.54. The van der Waals surface area contributed by atoms with E-state index in [1.54, 1.807) is 0 Å². The van der Waals surface area contributed by atoms with Gasteiger partial charge in [-0.05, 0) is 12.1 Å². The summed E-state index contributed by atoms with van der Waals surface area (Å²) < 4.78 is 57.0. The van der Waals surface area contributed by atoms with Gasteiger partial charge >= 0.3 is 0 Å². The summed E-state index contributed by atoms with van der Waals surface area (Å²) in [6, 6.07) is 3.03. The number of hydrogen-bond donors (Lipinski definition) is 0. The van der Waals surface area contributed by atoms with Crippen LogP contribution in [0.1, 0.15) is 5.56 Å². The zero-order chi connectivity index (χ0) is 14.0. The van der Waals surface area contributed by atoms with Crippen molar-refractivity contribution in [3.63, 3.8) is 0 Å². The monoisotopic (exact) mass is 270 g/mol. The summed E-state index contributed by atoms with van der Waals surface area (Å²) in [5.74, 6) is -8.51. The van der Waals surface area contributed by atoms with E-state index in [4.69, 9.17) is 4.74 Å². The van der Waals surface area contributed by atoms with E-state index in [2.05, 4.69) is 16.5 Å². The summed E-state index contributed by atoms with van der Waals surface area (Å²) in [5.41, 5.74) is 0.305. The summed E-state index contributed by atoms with van der Waals surface area (Å²) >= 11 is 0. The molecule has 0 N–H and O–H groups in total. The largest absolute Gasteiger partial charge is 0.451 e. The molecule has 3 nitrogen and oxygen atoms in total. The molecule has 0 radical (unpaired) electrons. The Hall–Kier alpha value is -2.44. The molecule has 2 rings (SSSR count). The highest BCUT2D eigenvalue weighted by Crippen LogP contribution is 2.28. The minimum absolute atomic E-state index is 0.212. The number of pyridine rings is 2. The zero-order valence-corrected chi connectivity index (χ0v) is 9.33. The maximum absolute atomic E-state index is 13.3. The standard InChI is InChI=1S/C12H6F4N2O/c1-6(7-3-2-4-17-5-7)19-10-8(13)11(15)18-12(16)9(10)14/h2-5H,1H2. The molecule has 2 aromatic rings. The highest BCUT2D eigenvalue weighted by atomic mass is 19.2. The van der Waals surface area contributed by atoms with Gasteiger partial charge in [-0.1, -0.05) is 6.58 Å². The van der Waals surface area contributed by atoms with E-state index in [9.17, 15) is 17.6 Å². The van der Waals surface area contributed by atoms with Gasteiger partial charge in [0.1, 0.15) is 5.76 Å². The second kappa shape index (κ2) is 5.05. The van der Waals surface area contributed by atoms with Gasteiger partial charge in [0.15, 0.2) is 0 Å². The highest BCUT2D eigenvalue weighted by Gasteiger charge is 2.23. The fourth-order valence-electron chi connectivity index (χ4n) is 1.27. The van der Waals surface area contributed by atoms with Crippen molar-refractivity contribution in [3.05, 3.63) is 60.2 Å². The van der Waals surface area contributed by atoms with Crippen LogP contribution in [0.3, 0.4) is 0 Å². The summed E-state index contributed by atoms with van der Waals surface area (Å²) in [6.45, 7) is 3.40. The Kier molecular flexibility index (Phi) is 3.46. The van der Waals surface area contributed by atoms with Crippen LogP contribution < -0.4 is 4.74 Å². The molecule has 0 fully saturated rings. The van der Waals surface area contributed by atoms with Crippen molar-refractivity contribution in [2.24, 2.45) is 0 Å². The van der Waals surface area contributed by atoms with Gasteiger partial charge in [0, 0.05) is 18.0 Å². The SMILES string of the molecule is C=C(Oc1c(F)c(F)nc(F)c1F)c1cccnc1. The molecule has 0 bridgehead atoms. The lowest BCUT2D eigenvalue weighted by Crippen LogP contribution is -2.05. The van der Waals surface area contributed by atoms with Crippen LogP contribution in [0.5, 0.6) is 5.75 Å². The van der Waals surface area contributed by atoms with Crippen molar-refractivity contribution in [3.8, 4) is 5.75 Å². The second-order valence-corrected chi connectivity index (χ2v) is 3.42. The van der Waals surface area contributed by atoms with Crippen molar-refractivity contribution in [2.45, 2.75) is 0 Å². The Morgan fingerprint density at radius 2 is 1.74 bits per heavy atom. The van der Waals surface area contributed by atoms with Crippen LogP contribution in [0.4, 0.5) is 17.6 Å². The molecule has 0 amide bonds. The topological polar surface area (TPSA) is 35.0 Å². The smallest absolute Gasteiger partial charge is 0.255 e. The number of nitrogens with zero attached hydrogens (tertiary/aromatic N) is 2. The predicted octanol–water partition coefficient (Wildman–Crippen LogP) is 3.08. The number of rotatable bonds is 3. The average molecular weight is 270 g/mol. The molecule has 7 heteroatoms. The molecule has 0 unspecified atom stereocenters. The Morgan fingerprint density at radius 1 is 1.11 bits per heavy atom. The lowest BCUT2D eigenvalue weighted by molar-refractivity contribution is 0.352. The first-order valence-electron chi connectivity index (χ1n) is 4.98. The highest BCUT2D eigenvalue weighted by molar-refractivity contribution is 5.58. The summed E-state index contributed by atoms with van der Waals surface area (Å²) in [6.07, 6.45) is 2.77. The quantitative estimate of drug-likeness (QED) is 0.488. The first-order chi connectivity index (χ1) is 9.00. The zero-order valence-electron chi connectivity index (χ0n) is 9.33. The minimum atomic E-state index is -1.80. The van der Waals surface area contributed by atoms with E-state index in [1.807, 2.05) is 0 Å². The Balaban J connectivity index is 2.37. The van der Waals surface area contributed by atoms with E-state index < -0.39 is 29.3 Å². The Morgan fingerprint density at radius 3 is 2.26 bits per heavy atom. The maximum atomic E-state index is 13.3. The number of aromatic nitrogens is 2. The van der Waals surface area contributed by atoms with Crippen LogP contribution in [-0.2, 0) is 0 Å². The molecule has 0 spiro atoms. The van der Waals surface area contributed by atoms with E-state index >= 15 is 0 Å². The fourth-order valence-corrected chi connectivity index (χ4v) is 1.27. The first-order valence-corrected chi connectivity index (χ1v) is 4.98. The van der Waals surface area contributed by atoms with Gasteiger partial charge < -0.3 is 4.74 Å². The molecule has 0 aliphatic rings. The first kappa shape index (κ1) is 13.0. The van der Waals surface area contributed by atoms with Gasteiger partial charge in [-0.3, -0.25) is 4.98 Å². The molecule has 98 valence electrons. The van der Waals surface area contributed by atoms with E-state index in [-0.39, 0.29) is 5.76 Å². The molecule has 0 aliphatic carbocycles. The third-order valence-electron chi connectivity index (χ3n) is 2.17. The lowest BCUT2D eigenvalue weighted by atomic mass is 10.2. The van der Waals surface area contributed by atoms with Crippen LogP contribution in [0.25, 0.3) is 5.76 Å². The summed E-state index contributed by atoms with van der Waals surface area (Å²) in [7, 11) is 0. The fraction of sp³-hybridized carbons (Fsp3) is 0. The summed E-state index contributed by atoms with van der Waals surface area (Å²) in [5, 5.41) is 0. The van der Waals surface area contributed by atoms with E-state index in [1.165, 1.54) is 24.5 Å². The van der Waals surface area contributed by atoms with Crippen molar-refractivity contribution < 1.29 is 22.3 Å². The maximum Gasteiger partial charge on any atom is 0.255 e. The molecule has 0 atom stereocenters. The van der Waals surface area contributed by atoms with Crippen LogP contribution in [0, 0.1) is 23.5 Å². The van der Waals surface area contributed by atoms with Gasteiger partial charge in [0.25, 0.3) is 11.9 Å². The molecule has 0 aromatic carbocycles. The van der Waals surface area contributed by atoms with Crippen LogP contribution in [0.2, 0.25) is 0 Å². The predicted molar refractivity (Wildman–Crippen MR) is 58.0 cm³/mol. The van der Waals surface area contributed by atoms with Gasteiger partial charge in [-0.25, -0.2) is 0 Å². The van der Waals surface area contributed by atoms with E-state index in [0.29, 0.717) is 5.56 Å². The van der Waals surface area contributed by atoms with Crippen LogP contribution >= 0.6 is 0 Å². The minimum Gasteiger partial charge on any atom is -0.451 e.